The number of hydrogen-bond acceptors (Lipinski definition) is 8. The number of phenolic OH excluding ortho intramolecular Hbond substituents is 1. The van der Waals surface area contributed by atoms with Crippen molar-refractivity contribution >= 4 is 17.3 Å². The number of aryl methyl sites for hydroxylation is 1. The molecular weight excluding hydrogens is 566 g/mol. The van der Waals surface area contributed by atoms with Gasteiger partial charge in [0.1, 0.15) is 17.8 Å². The van der Waals surface area contributed by atoms with Gasteiger partial charge in [-0.05, 0) is 107 Å². The normalized spacial score (nSPS) is 37.0. The molecule has 2 aliphatic heterocycles. The molecule has 5 fully saturated rings. The summed E-state index contributed by atoms with van der Waals surface area (Å²) in [4.78, 5) is 13.6. The maximum atomic E-state index is 12.3. The van der Waals surface area contributed by atoms with Crippen LogP contribution in [0.25, 0.3) is 0 Å². The van der Waals surface area contributed by atoms with Crippen LogP contribution in [0.15, 0.2) is 29.6 Å². The van der Waals surface area contributed by atoms with Crippen LogP contribution in [0.5, 0.6) is 11.5 Å². The quantitative estimate of drug-likeness (QED) is 0.344. The zero-order chi connectivity index (χ0) is 30.4. The van der Waals surface area contributed by atoms with Gasteiger partial charge in [-0.2, -0.15) is 0 Å². The lowest BCUT2D eigenvalue weighted by atomic mass is 9.33. The monoisotopic (exact) mass is 611 g/mol. The van der Waals surface area contributed by atoms with E-state index in [1.807, 2.05) is 13.2 Å². The van der Waals surface area contributed by atoms with E-state index in [0.29, 0.717) is 11.8 Å². The number of hydrogen-bond donors (Lipinski definition) is 4. The number of aromatic hydroxyl groups is 1. The maximum Gasteiger partial charge on any atom is 0.332 e. The molecule has 1 aromatic heterocycles. The van der Waals surface area contributed by atoms with E-state index in [1.165, 1.54) is 42.3 Å². The van der Waals surface area contributed by atoms with Crippen molar-refractivity contribution in [1.29, 1.82) is 0 Å². The molecule has 0 radical (unpaired) electrons. The van der Waals surface area contributed by atoms with E-state index in [1.54, 1.807) is 11.3 Å². The predicted molar refractivity (Wildman–Crippen MR) is 163 cm³/mol. The average molecular weight is 612 g/mol. The van der Waals surface area contributed by atoms with E-state index in [2.05, 4.69) is 35.4 Å². The molecule has 4 saturated carbocycles. The molecule has 8 atom stereocenters. The van der Waals surface area contributed by atoms with Crippen molar-refractivity contribution in [1.82, 2.24) is 4.90 Å². The van der Waals surface area contributed by atoms with Crippen molar-refractivity contribution in [2.45, 2.75) is 107 Å². The maximum absolute atomic E-state index is 12.3. The summed E-state index contributed by atoms with van der Waals surface area (Å²) in [5, 5.41) is 41.2. The van der Waals surface area contributed by atoms with Gasteiger partial charge in [0.05, 0.1) is 5.60 Å². The van der Waals surface area contributed by atoms with Crippen molar-refractivity contribution in [3.05, 3.63) is 45.6 Å². The third-order valence-corrected chi connectivity index (χ3v) is 13.2. The number of ether oxygens (including phenoxy) is 2. The van der Waals surface area contributed by atoms with Crippen LogP contribution in [0.2, 0.25) is 0 Å². The number of fused-ring (bicyclic) bond motifs is 2. The Morgan fingerprint density at radius 1 is 1.26 bits per heavy atom. The first-order valence-corrected chi connectivity index (χ1v) is 16.8. The van der Waals surface area contributed by atoms with Gasteiger partial charge in [0.2, 0.25) is 0 Å². The fourth-order valence-electron chi connectivity index (χ4n) is 10.1. The molecule has 1 aromatic carbocycles. The molecule has 2 aromatic rings. The Morgan fingerprint density at radius 3 is 2.67 bits per heavy atom. The van der Waals surface area contributed by atoms with Crippen molar-refractivity contribution in [2.75, 3.05) is 20.2 Å². The molecule has 43 heavy (non-hydrogen) atoms. The fraction of sp³-hybridized carbons (Fsp3) is 0.676. The van der Waals surface area contributed by atoms with E-state index in [0.717, 1.165) is 57.4 Å². The Morgan fingerprint density at radius 2 is 2.02 bits per heavy atom. The van der Waals surface area contributed by atoms with Gasteiger partial charge in [0, 0.05) is 46.9 Å². The minimum atomic E-state index is -1.23. The van der Waals surface area contributed by atoms with Crippen LogP contribution in [-0.2, 0) is 27.8 Å². The van der Waals surface area contributed by atoms with Gasteiger partial charge in [0.25, 0.3) is 0 Å². The van der Waals surface area contributed by atoms with E-state index >= 15 is 0 Å². The number of rotatable bonds is 8. The first kappa shape index (κ1) is 29.5. The molecular formula is C34H45NO7S. The topological polar surface area (TPSA) is 120 Å². The van der Waals surface area contributed by atoms with Crippen LogP contribution >= 0.6 is 11.3 Å². The number of carboxylic acids is 1. The number of piperidine rings is 1. The number of aliphatic carboxylic acids is 1. The Labute approximate surface area is 257 Å². The van der Waals surface area contributed by atoms with Crippen LogP contribution in [0.4, 0.5) is 0 Å². The van der Waals surface area contributed by atoms with E-state index in [-0.39, 0.29) is 28.6 Å². The molecule has 2 unspecified atom stereocenters. The molecule has 5 aliphatic carbocycles. The standard InChI is InChI=1S/C31H39NO4S.C3H6O3/c1-28(34,10-9-21-4-3-15-37-21)23-17-29-11-12-31(23,35-2)27-30(29)13-14-32(18-19-5-6-19)24(29)16-20-7-8-22(33)26(36-27)25(20)30;1-2(4)3(5)6/h3-4,7-8,15,19,23-24,27,33-34H,5-6,9-14,16-18H2,1-2H3;2,4H,1H3,(H,5,6)/t23?,24-,27-,28-,29-,30+,31+;/m1./s1. The Kier molecular flexibility index (Phi) is 6.99. The van der Waals surface area contributed by atoms with E-state index in [9.17, 15) is 15.0 Å². The summed E-state index contributed by atoms with van der Waals surface area (Å²) in [5.74, 6) is 0.632. The predicted octanol–water partition coefficient (Wildman–Crippen LogP) is 4.51. The Bertz CT molecular complexity index is 1390. The third kappa shape index (κ3) is 4.18. The zero-order valence-corrected chi connectivity index (χ0v) is 26.2. The second-order valence-electron chi connectivity index (χ2n) is 14.3. The summed E-state index contributed by atoms with van der Waals surface area (Å²) in [6.45, 7) is 5.56. The van der Waals surface area contributed by atoms with E-state index in [4.69, 9.17) is 19.7 Å². The Balaban J connectivity index is 0.000000457. The van der Waals surface area contributed by atoms with Gasteiger partial charge >= 0.3 is 5.97 Å². The van der Waals surface area contributed by atoms with Gasteiger partial charge in [-0.3, -0.25) is 4.90 Å². The van der Waals surface area contributed by atoms with Crippen molar-refractivity contribution in [2.24, 2.45) is 17.3 Å². The summed E-state index contributed by atoms with van der Waals surface area (Å²) in [6.07, 6.45) is 8.01. The summed E-state index contributed by atoms with van der Waals surface area (Å²) < 4.78 is 13.5. The number of aliphatic hydroxyl groups is 2. The second-order valence-corrected chi connectivity index (χ2v) is 15.4. The lowest BCUT2D eigenvalue weighted by Crippen LogP contribution is -2.82. The third-order valence-electron chi connectivity index (χ3n) is 12.2. The summed E-state index contributed by atoms with van der Waals surface area (Å²) in [7, 11) is 1.84. The largest absolute Gasteiger partial charge is 0.504 e. The molecule has 2 spiro atoms. The van der Waals surface area contributed by atoms with Gasteiger partial charge in [-0.25, -0.2) is 4.79 Å². The fourth-order valence-corrected chi connectivity index (χ4v) is 10.8. The lowest BCUT2D eigenvalue weighted by Gasteiger charge is -2.75. The molecule has 4 bridgehead atoms. The average Bonchev–Trinajstić information content (AvgIpc) is 3.48. The molecule has 7 aliphatic rings. The van der Waals surface area contributed by atoms with E-state index < -0.39 is 23.3 Å². The minimum Gasteiger partial charge on any atom is -0.504 e. The SMILES string of the molecule is CC(O)C(=O)O.CO[C@@]12CC[C@@]3(CC1[C@](C)(O)CCc1cccs1)[C@H]1Cc4ccc(O)c5c4[C@@]3(CCN1CC1CC1)[C@H]2O5. The minimum absolute atomic E-state index is 0.0155. The zero-order valence-electron chi connectivity index (χ0n) is 25.4. The number of likely N-dealkylation sites (tertiary alicyclic amines) is 1. The number of carbonyl (C=O) groups is 1. The van der Waals surface area contributed by atoms with Gasteiger partial charge in [-0.15, -0.1) is 11.3 Å². The van der Waals surface area contributed by atoms with Crippen LogP contribution in [0.1, 0.15) is 74.8 Å². The number of aliphatic hydroxyl groups excluding tert-OH is 1. The molecule has 3 heterocycles. The van der Waals surface area contributed by atoms with Gasteiger partial charge in [-0.1, -0.05) is 12.1 Å². The summed E-state index contributed by atoms with van der Waals surface area (Å²) in [6, 6.07) is 8.75. The van der Waals surface area contributed by atoms with Crippen LogP contribution in [-0.4, -0.2) is 80.9 Å². The van der Waals surface area contributed by atoms with Crippen LogP contribution in [0, 0.1) is 17.3 Å². The first-order chi connectivity index (χ1) is 20.5. The Hall–Kier alpha value is -2.17. The molecule has 9 rings (SSSR count). The molecule has 234 valence electrons. The van der Waals surface area contributed by atoms with Crippen LogP contribution < -0.4 is 4.74 Å². The van der Waals surface area contributed by atoms with Crippen molar-refractivity contribution in [3.8, 4) is 11.5 Å². The highest BCUT2D eigenvalue weighted by Crippen LogP contribution is 2.77. The second kappa shape index (κ2) is 10.2. The van der Waals surface area contributed by atoms with Crippen molar-refractivity contribution < 1.29 is 34.7 Å². The number of carboxylic acid groups (broad SMARTS) is 1. The number of methoxy groups -OCH3 is 1. The molecule has 4 N–H and O–H groups in total. The smallest absolute Gasteiger partial charge is 0.332 e. The molecule has 0 amide bonds. The summed E-state index contributed by atoms with van der Waals surface area (Å²) >= 11 is 1.77. The first-order valence-electron chi connectivity index (χ1n) is 16.0. The lowest BCUT2D eigenvalue weighted by molar-refractivity contribution is -0.302. The number of nitrogens with zero attached hydrogens (tertiary/aromatic N) is 1. The summed E-state index contributed by atoms with van der Waals surface area (Å²) in [5.41, 5.74) is 1.11. The highest BCUT2D eigenvalue weighted by molar-refractivity contribution is 7.09. The highest BCUT2D eigenvalue weighted by atomic mass is 32.1. The van der Waals surface area contributed by atoms with Crippen molar-refractivity contribution in [3.63, 3.8) is 0 Å². The highest BCUT2D eigenvalue weighted by Gasteiger charge is 2.81. The van der Waals surface area contributed by atoms with Gasteiger partial charge in [0.15, 0.2) is 11.5 Å². The molecule has 9 heteroatoms. The van der Waals surface area contributed by atoms with Crippen LogP contribution in [0.3, 0.4) is 0 Å². The molecule has 8 nitrogen and oxygen atoms in total. The van der Waals surface area contributed by atoms with Gasteiger partial charge < -0.3 is 29.9 Å². The molecule has 1 saturated heterocycles. The number of thiophene rings is 1. The number of phenols is 1. The number of benzene rings is 1.